The van der Waals surface area contributed by atoms with Gasteiger partial charge in [-0.05, 0) is 18.6 Å². The lowest BCUT2D eigenvalue weighted by Gasteiger charge is -2.19. The molecule has 2 heterocycles. The maximum atomic E-state index is 12.6. The van der Waals surface area contributed by atoms with Gasteiger partial charge < -0.3 is 10.2 Å². The van der Waals surface area contributed by atoms with Crippen LogP contribution < -0.4 is 0 Å². The van der Waals surface area contributed by atoms with Crippen molar-refractivity contribution in [3.63, 3.8) is 0 Å². The van der Waals surface area contributed by atoms with Crippen LogP contribution in [-0.2, 0) is 4.79 Å². The molecule has 0 unspecified atom stereocenters. The molecule has 2 N–H and O–H groups in total. The van der Waals surface area contributed by atoms with Gasteiger partial charge in [0.1, 0.15) is 5.76 Å². The maximum Gasteiger partial charge on any atom is 0.307 e. The lowest BCUT2D eigenvalue weighted by molar-refractivity contribution is -0.136. The number of fused-ring (bicyclic) bond motifs is 1. The summed E-state index contributed by atoms with van der Waals surface area (Å²) in [7, 11) is 0. The van der Waals surface area contributed by atoms with E-state index in [0.717, 1.165) is 0 Å². The zero-order valence-corrected chi connectivity index (χ0v) is 14.7. The van der Waals surface area contributed by atoms with E-state index in [4.69, 9.17) is 28.3 Å². The number of aliphatic carboxylic acids is 1. The summed E-state index contributed by atoms with van der Waals surface area (Å²) in [6.07, 6.45) is -0.161. The number of aliphatic imine (C=N–C) groups is 1. The van der Waals surface area contributed by atoms with E-state index in [0.29, 0.717) is 32.5 Å². The van der Waals surface area contributed by atoms with Crippen LogP contribution in [0.25, 0.3) is 0 Å². The van der Waals surface area contributed by atoms with Crippen molar-refractivity contribution in [2.75, 3.05) is 0 Å². The summed E-state index contributed by atoms with van der Waals surface area (Å²) >= 11 is 13.3. The Kier molecular flexibility index (Phi) is 4.38. The van der Waals surface area contributed by atoms with E-state index in [9.17, 15) is 14.7 Å². The van der Waals surface area contributed by atoms with Crippen molar-refractivity contribution >= 4 is 52.0 Å². The van der Waals surface area contributed by atoms with E-state index in [2.05, 4.69) is 4.99 Å². The number of carboxylic acid groups (broad SMARTS) is 1. The van der Waals surface area contributed by atoms with Crippen molar-refractivity contribution in [3.8, 4) is 0 Å². The first kappa shape index (κ1) is 17.0. The summed E-state index contributed by atoms with van der Waals surface area (Å²) in [4.78, 5) is 27.9. The predicted octanol–water partition coefficient (Wildman–Crippen LogP) is 4.50. The minimum Gasteiger partial charge on any atom is -0.506 e. The number of Topliss-reactive ketones (excluding diaryl/α,β-unsaturated/α-hetero) is 1. The Morgan fingerprint density at radius 3 is 2.67 bits per heavy atom. The molecule has 24 heavy (non-hydrogen) atoms. The lowest BCUT2D eigenvalue weighted by atomic mass is 9.87. The molecule has 1 aromatic heterocycles. The fourth-order valence-corrected chi connectivity index (χ4v) is 3.93. The van der Waals surface area contributed by atoms with E-state index in [1.807, 2.05) is 0 Å². The summed E-state index contributed by atoms with van der Waals surface area (Å²) in [6, 6.07) is 1.53. The quantitative estimate of drug-likeness (QED) is 0.749. The van der Waals surface area contributed by atoms with E-state index in [1.165, 1.54) is 17.4 Å². The van der Waals surface area contributed by atoms with Crippen LogP contribution in [0.3, 0.4) is 0 Å². The topological polar surface area (TPSA) is 87.0 Å². The summed E-state index contributed by atoms with van der Waals surface area (Å²) in [5.41, 5.74) is 2.39. The zero-order chi connectivity index (χ0) is 17.6. The average Bonchev–Trinajstić information content (AvgIpc) is 3.06. The van der Waals surface area contributed by atoms with Gasteiger partial charge in [-0.25, -0.2) is 0 Å². The van der Waals surface area contributed by atoms with Crippen molar-refractivity contribution < 1.29 is 19.8 Å². The molecule has 0 saturated carbocycles. The number of thiophene rings is 1. The number of aliphatic hydroxyl groups excluding tert-OH is 1. The average molecular weight is 384 g/mol. The number of ketones is 1. The molecule has 0 saturated heterocycles. The molecule has 3 rings (SSSR count). The molecular weight excluding hydrogens is 373 g/mol. The predicted molar refractivity (Wildman–Crippen MR) is 93.2 cm³/mol. The first-order valence-electron chi connectivity index (χ1n) is 6.90. The smallest absolute Gasteiger partial charge is 0.307 e. The molecule has 2 aliphatic rings. The molecule has 0 spiro atoms. The van der Waals surface area contributed by atoms with Crippen molar-refractivity contribution in [1.82, 2.24) is 0 Å². The third kappa shape index (κ3) is 2.81. The Bertz CT molecular complexity index is 905. The number of carboxylic acids is 1. The number of carbonyl (C=O) groups excluding carboxylic acids is 1. The summed E-state index contributed by atoms with van der Waals surface area (Å²) in [5.74, 6) is -1.73. The van der Waals surface area contributed by atoms with Crippen LogP contribution in [0.15, 0.2) is 49.6 Å². The van der Waals surface area contributed by atoms with Gasteiger partial charge in [0, 0.05) is 34.2 Å². The van der Waals surface area contributed by atoms with Crippen LogP contribution in [0.2, 0.25) is 4.34 Å². The Morgan fingerprint density at radius 2 is 2.08 bits per heavy atom. The SMILES string of the molecule is CC1=C(CC(=O)O)C2=C(Cl)C(O)=C(C(=O)c3csc(Cl)c3)CC2=N1. The Hall–Kier alpha value is -1.89. The highest BCUT2D eigenvalue weighted by Crippen LogP contribution is 2.41. The van der Waals surface area contributed by atoms with Crippen LogP contribution in [0.5, 0.6) is 0 Å². The van der Waals surface area contributed by atoms with Gasteiger partial charge in [0.25, 0.3) is 0 Å². The maximum absolute atomic E-state index is 12.6. The fraction of sp³-hybridized carbons (Fsp3) is 0.188. The monoisotopic (exact) mass is 383 g/mol. The number of hydrogen-bond donors (Lipinski definition) is 2. The van der Waals surface area contributed by atoms with Crippen molar-refractivity contribution in [1.29, 1.82) is 0 Å². The van der Waals surface area contributed by atoms with Gasteiger partial charge in [-0.15, -0.1) is 11.3 Å². The first-order valence-corrected chi connectivity index (χ1v) is 8.54. The molecule has 124 valence electrons. The van der Waals surface area contributed by atoms with Gasteiger partial charge in [0.2, 0.25) is 0 Å². The second-order valence-electron chi connectivity index (χ2n) is 5.35. The molecule has 0 fully saturated rings. The van der Waals surface area contributed by atoms with Crippen LogP contribution in [0, 0.1) is 0 Å². The molecule has 0 radical (unpaired) electrons. The van der Waals surface area contributed by atoms with Crippen LogP contribution >= 0.6 is 34.5 Å². The Balaban J connectivity index is 2.04. The number of nitrogens with zero attached hydrogens (tertiary/aromatic N) is 1. The van der Waals surface area contributed by atoms with Gasteiger partial charge >= 0.3 is 5.97 Å². The molecular formula is C16H11Cl2NO4S. The van der Waals surface area contributed by atoms with Gasteiger partial charge in [0.05, 0.1) is 21.5 Å². The first-order chi connectivity index (χ1) is 11.3. The second-order valence-corrected chi connectivity index (χ2v) is 7.28. The molecule has 0 atom stereocenters. The molecule has 5 nitrogen and oxygen atoms in total. The van der Waals surface area contributed by atoms with Crippen LogP contribution in [-0.4, -0.2) is 27.7 Å². The summed E-state index contributed by atoms with van der Waals surface area (Å²) < 4.78 is 0.469. The van der Waals surface area contributed by atoms with Gasteiger partial charge in [-0.1, -0.05) is 23.2 Å². The van der Waals surface area contributed by atoms with Crippen LogP contribution in [0.4, 0.5) is 0 Å². The highest BCUT2D eigenvalue weighted by Gasteiger charge is 2.35. The highest BCUT2D eigenvalue weighted by atomic mass is 35.5. The number of rotatable bonds is 4. The normalized spacial score (nSPS) is 17.4. The van der Waals surface area contributed by atoms with Gasteiger partial charge in [0.15, 0.2) is 5.78 Å². The molecule has 1 aliphatic heterocycles. The van der Waals surface area contributed by atoms with Gasteiger partial charge in [-0.3, -0.25) is 14.6 Å². The molecule has 0 aromatic carbocycles. The lowest BCUT2D eigenvalue weighted by Crippen LogP contribution is -2.18. The fourth-order valence-electron chi connectivity index (χ4n) is 2.73. The summed E-state index contributed by atoms with van der Waals surface area (Å²) in [5, 5.41) is 21.0. The van der Waals surface area contributed by atoms with E-state index in [1.54, 1.807) is 12.3 Å². The Morgan fingerprint density at radius 1 is 1.38 bits per heavy atom. The number of halogens is 2. The number of aliphatic hydroxyl groups is 1. The molecule has 0 bridgehead atoms. The van der Waals surface area contributed by atoms with Gasteiger partial charge in [-0.2, -0.15) is 0 Å². The van der Waals surface area contributed by atoms with E-state index >= 15 is 0 Å². The third-order valence-corrected chi connectivity index (χ3v) is 5.28. The van der Waals surface area contributed by atoms with Crippen molar-refractivity contribution in [2.45, 2.75) is 19.8 Å². The standard InChI is InChI=1S/C16H11Cl2NO4S/c1-6-8(4-12(20)21)13-10(19-6)3-9(16(23)14(13)18)15(22)7-2-11(17)24-5-7/h2,5,23H,3-4H2,1H3,(H,20,21). The van der Waals surface area contributed by atoms with E-state index < -0.39 is 5.97 Å². The minimum atomic E-state index is -1.02. The van der Waals surface area contributed by atoms with E-state index in [-0.39, 0.29) is 35.0 Å². The largest absolute Gasteiger partial charge is 0.506 e. The molecule has 1 aromatic rings. The summed E-state index contributed by atoms with van der Waals surface area (Å²) in [6.45, 7) is 1.68. The highest BCUT2D eigenvalue weighted by molar-refractivity contribution is 7.14. The number of allylic oxidation sites excluding steroid dienone is 4. The molecule has 0 amide bonds. The Labute approximate surface area is 151 Å². The minimum absolute atomic E-state index is 0.0437. The number of carbonyl (C=O) groups is 2. The molecule has 1 aliphatic carbocycles. The zero-order valence-electron chi connectivity index (χ0n) is 12.4. The van der Waals surface area contributed by atoms with Crippen molar-refractivity contribution in [3.05, 3.63) is 54.6 Å². The second kappa shape index (κ2) is 6.20. The molecule has 8 heteroatoms. The van der Waals surface area contributed by atoms with Crippen LogP contribution in [0.1, 0.15) is 30.1 Å². The number of hydrogen-bond acceptors (Lipinski definition) is 5. The third-order valence-electron chi connectivity index (χ3n) is 3.82. The van der Waals surface area contributed by atoms with Crippen molar-refractivity contribution in [2.24, 2.45) is 4.99 Å².